The summed E-state index contributed by atoms with van der Waals surface area (Å²) in [4.78, 5) is 28.4. The number of amides is 2. The van der Waals surface area contributed by atoms with Crippen LogP contribution >= 0.6 is 11.6 Å². The maximum atomic E-state index is 13.9. The number of hydrogen-bond donors (Lipinski definition) is 1. The van der Waals surface area contributed by atoms with Gasteiger partial charge in [0, 0.05) is 18.1 Å². The molecule has 0 fully saturated rings. The van der Waals surface area contributed by atoms with Gasteiger partial charge in [0.25, 0.3) is 10.0 Å². The first-order chi connectivity index (χ1) is 19.1. The Bertz CT molecular complexity index is 1380. The lowest BCUT2D eigenvalue weighted by Crippen LogP contribution is -2.51. The van der Waals surface area contributed by atoms with Crippen LogP contribution in [0.1, 0.15) is 37.8 Å². The van der Waals surface area contributed by atoms with Gasteiger partial charge >= 0.3 is 0 Å². The molecule has 0 aliphatic rings. The van der Waals surface area contributed by atoms with Crippen molar-refractivity contribution in [2.24, 2.45) is 0 Å². The van der Waals surface area contributed by atoms with Gasteiger partial charge in [-0.05, 0) is 74.4 Å². The van der Waals surface area contributed by atoms with Crippen LogP contribution < -0.4 is 14.4 Å². The fourth-order valence-corrected chi connectivity index (χ4v) is 5.56. The number of carbonyl (C=O) groups excluding carboxylic acids is 2. The highest BCUT2D eigenvalue weighted by molar-refractivity contribution is 7.92. The van der Waals surface area contributed by atoms with Gasteiger partial charge < -0.3 is 15.0 Å². The van der Waals surface area contributed by atoms with Crippen molar-refractivity contribution in [1.29, 1.82) is 0 Å². The van der Waals surface area contributed by atoms with Gasteiger partial charge in [-0.15, -0.1) is 0 Å². The van der Waals surface area contributed by atoms with Crippen LogP contribution in [-0.4, -0.2) is 51.4 Å². The number of halogens is 1. The van der Waals surface area contributed by atoms with Crippen LogP contribution in [0.4, 0.5) is 5.69 Å². The van der Waals surface area contributed by atoms with Crippen LogP contribution in [-0.2, 0) is 26.2 Å². The van der Waals surface area contributed by atoms with Gasteiger partial charge in [0.05, 0.1) is 17.7 Å². The Morgan fingerprint density at radius 1 is 0.975 bits per heavy atom. The van der Waals surface area contributed by atoms with Crippen molar-refractivity contribution < 1.29 is 22.7 Å². The van der Waals surface area contributed by atoms with E-state index in [4.69, 9.17) is 16.3 Å². The Balaban J connectivity index is 1.98. The monoisotopic (exact) mass is 585 g/mol. The molecule has 1 unspecified atom stereocenters. The van der Waals surface area contributed by atoms with Crippen LogP contribution in [0.15, 0.2) is 77.7 Å². The first-order valence-electron chi connectivity index (χ1n) is 13.1. The van der Waals surface area contributed by atoms with Gasteiger partial charge in [0.2, 0.25) is 11.8 Å². The summed E-state index contributed by atoms with van der Waals surface area (Å²) in [5.41, 5.74) is 1.95. The van der Waals surface area contributed by atoms with E-state index in [1.54, 1.807) is 74.7 Å². The number of anilines is 1. The molecule has 8 nitrogen and oxygen atoms in total. The minimum absolute atomic E-state index is 0.0490. The summed E-state index contributed by atoms with van der Waals surface area (Å²) in [7, 11) is -2.57. The molecule has 0 heterocycles. The minimum Gasteiger partial charge on any atom is -0.497 e. The second kappa shape index (κ2) is 14.2. The summed E-state index contributed by atoms with van der Waals surface area (Å²) >= 11 is 6.07. The van der Waals surface area contributed by atoms with Gasteiger partial charge in [-0.3, -0.25) is 13.9 Å². The Labute approximate surface area is 241 Å². The molecule has 1 N–H and O–H groups in total. The third kappa shape index (κ3) is 7.99. The Hall–Kier alpha value is -3.56. The molecule has 3 aromatic carbocycles. The van der Waals surface area contributed by atoms with Gasteiger partial charge in [0.15, 0.2) is 0 Å². The molecule has 1 atom stereocenters. The van der Waals surface area contributed by atoms with Crippen LogP contribution in [0.3, 0.4) is 0 Å². The largest absolute Gasteiger partial charge is 0.497 e. The van der Waals surface area contributed by atoms with Gasteiger partial charge in [-0.2, -0.15) is 0 Å². The Kier molecular flexibility index (Phi) is 11.0. The van der Waals surface area contributed by atoms with E-state index in [1.165, 1.54) is 17.0 Å². The zero-order valence-corrected chi connectivity index (χ0v) is 24.8. The molecule has 0 radical (unpaired) electrons. The predicted octanol–water partition coefficient (Wildman–Crippen LogP) is 5.19. The number of nitrogens with zero attached hydrogens (tertiary/aromatic N) is 2. The average Bonchev–Trinajstić information content (AvgIpc) is 2.95. The van der Waals surface area contributed by atoms with Crippen molar-refractivity contribution in [3.63, 3.8) is 0 Å². The van der Waals surface area contributed by atoms with E-state index in [1.807, 2.05) is 13.8 Å². The summed E-state index contributed by atoms with van der Waals surface area (Å²) in [6, 6.07) is 19.0. The lowest BCUT2D eigenvalue weighted by atomic mass is 10.1. The van der Waals surface area contributed by atoms with E-state index in [0.717, 1.165) is 28.3 Å². The van der Waals surface area contributed by atoms with Crippen LogP contribution in [0.5, 0.6) is 5.75 Å². The number of sulfonamides is 1. The molecule has 214 valence electrons. The fourth-order valence-electron chi connectivity index (χ4n) is 4.02. The highest BCUT2D eigenvalue weighted by Gasteiger charge is 2.32. The van der Waals surface area contributed by atoms with E-state index >= 15 is 0 Å². The molecule has 0 spiro atoms. The minimum atomic E-state index is -4.13. The van der Waals surface area contributed by atoms with E-state index in [2.05, 4.69) is 5.32 Å². The molecule has 40 heavy (non-hydrogen) atoms. The third-order valence-corrected chi connectivity index (χ3v) is 8.55. The summed E-state index contributed by atoms with van der Waals surface area (Å²) < 4.78 is 33.9. The maximum absolute atomic E-state index is 13.9. The van der Waals surface area contributed by atoms with Crippen molar-refractivity contribution in [3.8, 4) is 5.75 Å². The highest BCUT2D eigenvalue weighted by atomic mass is 35.5. The molecular formula is C30H36ClN3O5S. The number of methoxy groups -OCH3 is 1. The number of carbonyl (C=O) groups is 2. The molecule has 2 amide bonds. The molecule has 0 saturated heterocycles. The number of ether oxygens (including phenoxy) is 1. The van der Waals surface area contributed by atoms with E-state index < -0.39 is 28.5 Å². The first-order valence-corrected chi connectivity index (χ1v) is 14.9. The normalized spacial score (nSPS) is 11.9. The molecular weight excluding hydrogens is 550 g/mol. The molecule has 3 aromatic rings. The second-order valence-electron chi connectivity index (χ2n) is 9.49. The average molecular weight is 586 g/mol. The van der Waals surface area contributed by atoms with Crippen molar-refractivity contribution in [2.45, 2.75) is 51.1 Å². The number of rotatable bonds is 13. The molecule has 0 aliphatic heterocycles. The van der Waals surface area contributed by atoms with Crippen molar-refractivity contribution in [3.05, 3.63) is 88.9 Å². The summed E-state index contributed by atoms with van der Waals surface area (Å²) in [5, 5.41) is 3.31. The zero-order valence-electron chi connectivity index (χ0n) is 23.3. The molecule has 10 heteroatoms. The van der Waals surface area contributed by atoms with E-state index in [0.29, 0.717) is 17.3 Å². The number of hydrogen-bond acceptors (Lipinski definition) is 5. The predicted molar refractivity (Wildman–Crippen MR) is 158 cm³/mol. The lowest BCUT2D eigenvalue weighted by Gasteiger charge is -2.32. The van der Waals surface area contributed by atoms with Crippen LogP contribution in [0.2, 0.25) is 5.02 Å². The topological polar surface area (TPSA) is 96.0 Å². The van der Waals surface area contributed by atoms with E-state index in [-0.39, 0.29) is 23.0 Å². The molecule has 0 aromatic heterocycles. The standard InChI is InChI=1S/C30H36ClN3O5S/c1-5-6-19-32-30(36)23(3)33(20-24-9-15-27(39-4)16-10-24)29(35)21-34(26-13-11-25(31)12-14-26)40(37,38)28-17-7-22(2)8-18-28/h7-18,23H,5-6,19-21H2,1-4H3,(H,32,36). The Morgan fingerprint density at radius 2 is 1.60 bits per heavy atom. The van der Waals surface area contributed by atoms with Crippen LogP contribution in [0, 0.1) is 6.92 Å². The lowest BCUT2D eigenvalue weighted by molar-refractivity contribution is -0.139. The molecule has 3 rings (SSSR count). The van der Waals surface area contributed by atoms with E-state index in [9.17, 15) is 18.0 Å². The second-order valence-corrected chi connectivity index (χ2v) is 11.8. The van der Waals surface area contributed by atoms with Crippen molar-refractivity contribution in [2.75, 3.05) is 24.5 Å². The SMILES string of the molecule is CCCCNC(=O)C(C)N(Cc1ccc(OC)cc1)C(=O)CN(c1ccc(Cl)cc1)S(=O)(=O)c1ccc(C)cc1. The summed E-state index contributed by atoms with van der Waals surface area (Å²) in [6.07, 6.45) is 1.72. The van der Waals surface area contributed by atoms with Crippen molar-refractivity contribution in [1.82, 2.24) is 10.2 Å². The van der Waals surface area contributed by atoms with Gasteiger partial charge in [0.1, 0.15) is 18.3 Å². The van der Waals surface area contributed by atoms with Gasteiger partial charge in [-0.25, -0.2) is 8.42 Å². The fraction of sp³-hybridized carbons (Fsp3) is 0.333. The molecule has 0 saturated carbocycles. The third-order valence-electron chi connectivity index (χ3n) is 6.51. The summed E-state index contributed by atoms with van der Waals surface area (Å²) in [6.45, 7) is 5.60. The number of aryl methyl sites for hydroxylation is 1. The molecule has 0 bridgehead atoms. The number of unbranched alkanes of at least 4 members (excludes halogenated alkanes) is 1. The molecule has 0 aliphatic carbocycles. The zero-order chi connectivity index (χ0) is 29.3. The van der Waals surface area contributed by atoms with Gasteiger partial charge in [-0.1, -0.05) is 54.8 Å². The quantitative estimate of drug-likeness (QED) is 0.279. The maximum Gasteiger partial charge on any atom is 0.264 e. The van der Waals surface area contributed by atoms with Crippen molar-refractivity contribution >= 4 is 39.1 Å². The Morgan fingerprint density at radius 3 is 2.17 bits per heavy atom. The highest BCUT2D eigenvalue weighted by Crippen LogP contribution is 2.26. The smallest absolute Gasteiger partial charge is 0.264 e. The first kappa shape index (κ1) is 31.0. The van der Waals surface area contributed by atoms with Crippen LogP contribution in [0.25, 0.3) is 0 Å². The number of nitrogens with one attached hydrogen (secondary N) is 1. The number of benzene rings is 3. The summed E-state index contributed by atoms with van der Waals surface area (Å²) in [5.74, 6) is -0.181.